The molecule has 2 heterocycles. The van der Waals surface area contributed by atoms with Crippen LogP contribution in [0.4, 0.5) is 0 Å². The van der Waals surface area contributed by atoms with Crippen LogP contribution in [0.25, 0.3) is 0 Å². The average Bonchev–Trinajstić information content (AvgIpc) is 2.84. The number of likely N-dealkylation sites (tertiary alicyclic amines) is 1. The first-order valence-corrected chi connectivity index (χ1v) is 7.38. The van der Waals surface area contributed by atoms with Crippen LogP contribution in [-0.2, 0) is 11.3 Å². The largest absolute Gasteiger partial charge is 0.467 e. The van der Waals surface area contributed by atoms with E-state index in [4.69, 9.17) is 4.42 Å². The van der Waals surface area contributed by atoms with Gasteiger partial charge in [-0.05, 0) is 59.1 Å². The van der Waals surface area contributed by atoms with Crippen molar-refractivity contribution in [3.8, 4) is 0 Å². The van der Waals surface area contributed by atoms with Crippen LogP contribution in [0.1, 0.15) is 52.7 Å². The van der Waals surface area contributed by atoms with E-state index in [0.717, 1.165) is 18.6 Å². The lowest BCUT2D eigenvalue weighted by Crippen LogP contribution is -2.60. The molecule has 1 saturated heterocycles. The van der Waals surface area contributed by atoms with Crippen molar-refractivity contribution in [3.63, 3.8) is 0 Å². The summed E-state index contributed by atoms with van der Waals surface area (Å²) in [4.78, 5) is 14.5. The summed E-state index contributed by atoms with van der Waals surface area (Å²) < 4.78 is 5.23. The molecule has 4 heteroatoms. The van der Waals surface area contributed by atoms with E-state index < -0.39 is 0 Å². The van der Waals surface area contributed by atoms with E-state index in [9.17, 15) is 4.79 Å². The molecule has 1 aliphatic heterocycles. The highest BCUT2D eigenvalue weighted by Gasteiger charge is 2.41. The van der Waals surface area contributed by atoms with Crippen molar-refractivity contribution in [2.45, 2.75) is 64.6 Å². The topological polar surface area (TPSA) is 45.5 Å². The Hall–Kier alpha value is -1.29. The Morgan fingerprint density at radius 1 is 1.30 bits per heavy atom. The van der Waals surface area contributed by atoms with E-state index in [0.29, 0.717) is 13.1 Å². The van der Waals surface area contributed by atoms with Crippen LogP contribution in [0.2, 0.25) is 0 Å². The van der Waals surface area contributed by atoms with Gasteiger partial charge in [0.25, 0.3) is 0 Å². The third-order valence-corrected chi connectivity index (χ3v) is 4.38. The zero-order chi connectivity index (χ0) is 14.8. The van der Waals surface area contributed by atoms with Crippen molar-refractivity contribution in [1.82, 2.24) is 10.2 Å². The van der Waals surface area contributed by atoms with Gasteiger partial charge in [-0.3, -0.25) is 9.69 Å². The maximum atomic E-state index is 12.2. The molecular formula is C16H26N2O2. The predicted octanol–water partition coefficient (Wildman–Crippen LogP) is 2.94. The number of furan rings is 1. The van der Waals surface area contributed by atoms with E-state index in [1.165, 1.54) is 6.42 Å². The average molecular weight is 278 g/mol. The van der Waals surface area contributed by atoms with Crippen molar-refractivity contribution in [1.29, 1.82) is 0 Å². The first-order chi connectivity index (χ1) is 9.31. The van der Waals surface area contributed by atoms with E-state index in [1.807, 2.05) is 12.1 Å². The molecule has 1 aromatic rings. The number of nitrogens with one attached hydrogen (secondary N) is 1. The number of nitrogens with zero attached hydrogens (tertiary/aromatic N) is 1. The molecule has 0 atom stereocenters. The molecule has 0 aromatic carbocycles. The van der Waals surface area contributed by atoms with Crippen molar-refractivity contribution in [2.24, 2.45) is 0 Å². The molecule has 0 spiro atoms. The number of carbonyl (C=O) groups is 1. The first kappa shape index (κ1) is 15.1. The smallest absolute Gasteiger partial charge is 0.234 e. The highest BCUT2D eigenvalue weighted by atomic mass is 16.3. The SMILES string of the molecule is CC1(C)CCCC(C)(C)N1CC(=O)NCc1ccco1. The van der Waals surface area contributed by atoms with Crippen LogP contribution in [0.5, 0.6) is 0 Å². The number of hydrogen-bond acceptors (Lipinski definition) is 3. The zero-order valence-electron chi connectivity index (χ0n) is 13.0. The normalized spacial score (nSPS) is 21.6. The summed E-state index contributed by atoms with van der Waals surface area (Å²) in [5.41, 5.74) is 0.146. The lowest BCUT2D eigenvalue weighted by atomic mass is 9.80. The van der Waals surface area contributed by atoms with Gasteiger partial charge < -0.3 is 9.73 Å². The summed E-state index contributed by atoms with van der Waals surface area (Å²) >= 11 is 0. The molecule has 0 radical (unpaired) electrons. The number of rotatable bonds is 4. The lowest BCUT2D eigenvalue weighted by Gasteiger charge is -2.52. The molecule has 4 nitrogen and oxygen atoms in total. The van der Waals surface area contributed by atoms with Gasteiger partial charge in [0.1, 0.15) is 5.76 Å². The van der Waals surface area contributed by atoms with E-state index >= 15 is 0 Å². The van der Waals surface area contributed by atoms with Crippen molar-refractivity contribution in [3.05, 3.63) is 24.2 Å². The Balaban J connectivity index is 1.94. The highest BCUT2D eigenvalue weighted by molar-refractivity contribution is 5.78. The van der Waals surface area contributed by atoms with Crippen LogP contribution in [0.3, 0.4) is 0 Å². The van der Waals surface area contributed by atoms with Gasteiger partial charge in [0.2, 0.25) is 5.91 Å². The molecule has 2 rings (SSSR count). The Bertz CT molecular complexity index is 433. The van der Waals surface area contributed by atoms with Crippen molar-refractivity contribution in [2.75, 3.05) is 6.54 Å². The maximum absolute atomic E-state index is 12.2. The summed E-state index contributed by atoms with van der Waals surface area (Å²) in [6.45, 7) is 9.82. The Labute approximate surface area is 121 Å². The van der Waals surface area contributed by atoms with E-state index in [-0.39, 0.29) is 17.0 Å². The minimum absolute atomic E-state index is 0.0597. The molecular weight excluding hydrogens is 252 g/mol. The van der Waals surface area contributed by atoms with Gasteiger partial charge in [-0.2, -0.15) is 0 Å². The third kappa shape index (κ3) is 3.42. The van der Waals surface area contributed by atoms with Crippen LogP contribution >= 0.6 is 0 Å². The number of amides is 1. The summed E-state index contributed by atoms with van der Waals surface area (Å²) in [5.74, 6) is 0.847. The van der Waals surface area contributed by atoms with Crippen LogP contribution in [0.15, 0.2) is 22.8 Å². The minimum atomic E-state index is 0.0597. The van der Waals surface area contributed by atoms with Gasteiger partial charge >= 0.3 is 0 Å². The molecule has 1 N–H and O–H groups in total. The monoisotopic (exact) mass is 278 g/mol. The minimum Gasteiger partial charge on any atom is -0.467 e. The second-order valence-corrected chi connectivity index (χ2v) is 6.92. The third-order valence-electron chi connectivity index (χ3n) is 4.38. The second kappa shape index (κ2) is 5.60. The van der Waals surface area contributed by atoms with E-state index in [1.54, 1.807) is 6.26 Å². The summed E-state index contributed by atoms with van der Waals surface area (Å²) in [7, 11) is 0. The molecule has 1 aromatic heterocycles. The Kier molecular flexibility index (Phi) is 4.23. The van der Waals surface area contributed by atoms with Gasteiger partial charge in [0.05, 0.1) is 19.4 Å². The molecule has 0 saturated carbocycles. The molecule has 0 bridgehead atoms. The second-order valence-electron chi connectivity index (χ2n) is 6.92. The zero-order valence-corrected chi connectivity index (χ0v) is 13.0. The summed E-state index contributed by atoms with van der Waals surface area (Å²) in [6.07, 6.45) is 5.13. The molecule has 1 aliphatic rings. The molecule has 1 fully saturated rings. The summed E-state index contributed by atoms with van der Waals surface area (Å²) in [6, 6.07) is 3.70. The van der Waals surface area contributed by atoms with Gasteiger partial charge in [-0.25, -0.2) is 0 Å². The molecule has 1 amide bonds. The van der Waals surface area contributed by atoms with Gasteiger partial charge in [-0.1, -0.05) is 0 Å². The molecule has 112 valence electrons. The summed E-state index contributed by atoms with van der Waals surface area (Å²) in [5, 5.41) is 2.93. The fraction of sp³-hybridized carbons (Fsp3) is 0.688. The van der Waals surface area contributed by atoms with Crippen molar-refractivity contribution < 1.29 is 9.21 Å². The van der Waals surface area contributed by atoms with Gasteiger partial charge in [0, 0.05) is 11.1 Å². The number of hydrogen-bond donors (Lipinski definition) is 1. The van der Waals surface area contributed by atoms with Crippen LogP contribution in [0, 0.1) is 0 Å². The molecule has 0 unspecified atom stereocenters. The molecule has 20 heavy (non-hydrogen) atoms. The fourth-order valence-corrected chi connectivity index (χ4v) is 3.27. The predicted molar refractivity (Wildman–Crippen MR) is 79.3 cm³/mol. The number of carbonyl (C=O) groups excluding carboxylic acids is 1. The van der Waals surface area contributed by atoms with Crippen LogP contribution < -0.4 is 5.32 Å². The lowest BCUT2D eigenvalue weighted by molar-refractivity contribution is -0.128. The molecule has 0 aliphatic carbocycles. The Morgan fingerprint density at radius 2 is 1.95 bits per heavy atom. The standard InChI is InChI=1S/C16H26N2O2/c1-15(2)8-6-9-16(3,4)18(15)12-14(19)17-11-13-7-5-10-20-13/h5,7,10H,6,8-9,11-12H2,1-4H3,(H,17,19). The fourth-order valence-electron chi connectivity index (χ4n) is 3.27. The van der Waals surface area contributed by atoms with E-state index in [2.05, 4.69) is 37.9 Å². The first-order valence-electron chi connectivity index (χ1n) is 7.38. The number of piperidine rings is 1. The van der Waals surface area contributed by atoms with Gasteiger partial charge in [0.15, 0.2) is 0 Å². The maximum Gasteiger partial charge on any atom is 0.234 e. The quantitative estimate of drug-likeness (QED) is 0.921. The Morgan fingerprint density at radius 3 is 2.50 bits per heavy atom. The van der Waals surface area contributed by atoms with Gasteiger partial charge in [-0.15, -0.1) is 0 Å². The highest BCUT2D eigenvalue weighted by Crippen LogP contribution is 2.37. The van der Waals surface area contributed by atoms with Crippen LogP contribution in [-0.4, -0.2) is 28.4 Å². The van der Waals surface area contributed by atoms with Crippen molar-refractivity contribution >= 4 is 5.91 Å².